The summed E-state index contributed by atoms with van der Waals surface area (Å²) in [4.78, 5) is 16.0. The van der Waals surface area contributed by atoms with E-state index in [9.17, 15) is 4.79 Å². The summed E-state index contributed by atoms with van der Waals surface area (Å²) in [5.74, 6) is 0.356. The van der Waals surface area contributed by atoms with E-state index in [0.29, 0.717) is 13.0 Å². The largest absolute Gasteiger partial charge is 0.384 e. The lowest BCUT2D eigenvalue weighted by Crippen LogP contribution is -2.25. The normalized spacial score (nSPS) is 16.3. The fraction of sp³-hybridized carbons (Fsp3) is 0.250. The second-order valence-electron chi connectivity index (χ2n) is 5.00. The third-order valence-corrected chi connectivity index (χ3v) is 3.61. The molecule has 20 heavy (non-hydrogen) atoms. The zero-order valence-corrected chi connectivity index (χ0v) is 11.2. The Morgan fingerprint density at radius 3 is 2.90 bits per heavy atom. The van der Waals surface area contributed by atoms with E-state index in [0.717, 1.165) is 17.8 Å². The molecule has 2 N–H and O–H groups in total. The van der Waals surface area contributed by atoms with Crippen molar-refractivity contribution in [3.63, 3.8) is 0 Å². The molecule has 4 heteroatoms. The standard InChI is InChI=1S/C16H17N3O/c20-16(19-10-12-5-7-17-8-6-12)9-13-11-18-15-4-2-1-3-14(13)15/h1-8,13,18H,9-11H2,(H,19,20). The summed E-state index contributed by atoms with van der Waals surface area (Å²) < 4.78 is 0. The summed E-state index contributed by atoms with van der Waals surface area (Å²) in [5, 5.41) is 6.30. The molecule has 0 saturated carbocycles. The highest BCUT2D eigenvalue weighted by Crippen LogP contribution is 2.32. The van der Waals surface area contributed by atoms with Gasteiger partial charge in [-0.05, 0) is 29.3 Å². The second kappa shape index (κ2) is 5.74. The Labute approximate surface area is 118 Å². The quantitative estimate of drug-likeness (QED) is 0.893. The molecular weight excluding hydrogens is 250 g/mol. The highest BCUT2D eigenvalue weighted by molar-refractivity contribution is 5.78. The Morgan fingerprint density at radius 2 is 2.05 bits per heavy atom. The van der Waals surface area contributed by atoms with Gasteiger partial charge in [0.15, 0.2) is 0 Å². The maximum Gasteiger partial charge on any atom is 0.220 e. The Balaban J connectivity index is 1.55. The average Bonchev–Trinajstić information content (AvgIpc) is 2.90. The monoisotopic (exact) mass is 267 g/mol. The van der Waals surface area contributed by atoms with Crippen LogP contribution in [-0.2, 0) is 11.3 Å². The van der Waals surface area contributed by atoms with Crippen molar-refractivity contribution in [2.45, 2.75) is 18.9 Å². The Kier molecular flexibility index (Phi) is 3.63. The Hall–Kier alpha value is -2.36. The molecule has 0 fully saturated rings. The fourth-order valence-corrected chi connectivity index (χ4v) is 2.54. The van der Waals surface area contributed by atoms with Gasteiger partial charge in [-0.3, -0.25) is 9.78 Å². The average molecular weight is 267 g/mol. The molecule has 1 aromatic heterocycles. The minimum atomic E-state index is 0.0883. The Bertz CT molecular complexity index is 598. The summed E-state index contributed by atoms with van der Waals surface area (Å²) in [7, 11) is 0. The summed E-state index contributed by atoms with van der Waals surface area (Å²) in [6, 6.07) is 12.0. The number of para-hydroxylation sites is 1. The second-order valence-corrected chi connectivity index (χ2v) is 5.00. The van der Waals surface area contributed by atoms with E-state index < -0.39 is 0 Å². The van der Waals surface area contributed by atoms with E-state index in [1.54, 1.807) is 12.4 Å². The van der Waals surface area contributed by atoms with Crippen molar-refractivity contribution < 1.29 is 4.79 Å². The molecular formula is C16H17N3O. The van der Waals surface area contributed by atoms with Gasteiger partial charge in [-0.1, -0.05) is 18.2 Å². The number of benzene rings is 1. The molecule has 1 unspecified atom stereocenters. The molecule has 0 saturated heterocycles. The van der Waals surface area contributed by atoms with Gasteiger partial charge < -0.3 is 10.6 Å². The fourth-order valence-electron chi connectivity index (χ4n) is 2.54. The molecule has 0 spiro atoms. The molecule has 0 bridgehead atoms. The van der Waals surface area contributed by atoms with E-state index in [1.165, 1.54) is 5.56 Å². The number of anilines is 1. The van der Waals surface area contributed by atoms with Gasteiger partial charge in [-0.2, -0.15) is 0 Å². The van der Waals surface area contributed by atoms with Crippen LogP contribution in [0.1, 0.15) is 23.5 Å². The van der Waals surface area contributed by atoms with Crippen LogP contribution in [0.5, 0.6) is 0 Å². The van der Waals surface area contributed by atoms with Crippen LogP contribution in [-0.4, -0.2) is 17.4 Å². The predicted molar refractivity (Wildman–Crippen MR) is 78.4 cm³/mol. The molecule has 1 amide bonds. The molecule has 102 valence electrons. The highest BCUT2D eigenvalue weighted by Gasteiger charge is 2.23. The van der Waals surface area contributed by atoms with Crippen molar-refractivity contribution in [2.24, 2.45) is 0 Å². The first-order chi connectivity index (χ1) is 9.83. The van der Waals surface area contributed by atoms with Crippen LogP contribution >= 0.6 is 0 Å². The van der Waals surface area contributed by atoms with Gasteiger partial charge in [0.1, 0.15) is 0 Å². The molecule has 3 rings (SSSR count). The number of carbonyl (C=O) groups is 1. The third-order valence-electron chi connectivity index (χ3n) is 3.61. The van der Waals surface area contributed by atoms with Gasteiger partial charge in [0.2, 0.25) is 5.91 Å². The van der Waals surface area contributed by atoms with Crippen LogP contribution in [0, 0.1) is 0 Å². The SMILES string of the molecule is O=C(CC1CNc2ccccc21)NCc1ccncc1. The zero-order chi connectivity index (χ0) is 13.8. The molecule has 0 radical (unpaired) electrons. The number of carbonyl (C=O) groups excluding carboxylic acids is 1. The first kappa shape index (κ1) is 12.7. The van der Waals surface area contributed by atoms with Gasteiger partial charge in [-0.15, -0.1) is 0 Å². The van der Waals surface area contributed by atoms with E-state index in [2.05, 4.69) is 27.8 Å². The number of amides is 1. The third kappa shape index (κ3) is 2.79. The number of rotatable bonds is 4. The van der Waals surface area contributed by atoms with Crippen molar-refractivity contribution in [1.82, 2.24) is 10.3 Å². The van der Waals surface area contributed by atoms with Crippen LogP contribution in [0.15, 0.2) is 48.8 Å². The molecule has 2 aromatic rings. The summed E-state index contributed by atoms with van der Waals surface area (Å²) in [6.07, 6.45) is 3.99. The smallest absolute Gasteiger partial charge is 0.220 e. The van der Waals surface area contributed by atoms with E-state index in [-0.39, 0.29) is 11.8 Å². The lowest BCUT2D eigenvalue weighted by Gasteiger charge is -2.10. The topological polar surface area (TPSA) is 54.0 Å². The molecule has 1 aliphatic heterocycles. The number of hydrogen-bond donors (Lipinski definition) is 2. The molecule has 1 aliphatic rings. The number of hydrogen-bond acceptors (Lipinski definition) is 3. The van der Waals surface area contributed by atoms with Crippen molar-refractivity contribution in [3.8, 4) is 0 Å². The first-order valence-corrected chi connectivity index (χ1v) is 6.81. The lowest BCUT2D eigenvalue weighted by atomic mass is 9.97. The molecule has 4 nitrogen and oxygen atoms in total. The van der Waals surface area contributed by atoms with Crippen LogP contribution in [0.2, 0.25) is 0 Å². The molecule has 0 aliphatic carbocycles. The summed E-state index contributed by atoms with van der Waals surface area (Å²) in [6.45, 7) is 1.39. The van der Waals surface area contributed by atoms with E-state index in [1.807, 2.05) is 24.3 Å². The van der Waals surface area contributed by atoms with Gasteiger partial charge in [-0.25, -0.2) is 0 Å². The minimum absolute atomic E-state index is 0.0883. The van der Waals surface area contributed by atoms with Crippen molar-refractivity contribution in [1.29, 1.82) is 0 Å². The zero-order valence-electron chi connectivity index (χ0n) is 11.2. The predicted octanol–water partition coefficient (Wildman–Crippen LogP) is 2.30. The maximum atomic E-state index is 12.0. The van der Waals surface area contributed by atoms with Gasteiger partial charge >= 0.3 is 0 Å². The molecule has 1 aromatic carbocycles. The minimum Gasteiger partial charge on any atom is -0.384 e. The molecule has 2 heterocycles. The number of pyridine rings is 1. The lowest BCUT2D eigenvalue weighted by molar-refractivity contribution is -0.121. The maximum absolute atomic E-state index is 12.0. The van der Waals surface area contributed by atoms with Crippen LogP contribution in [0.25, 0.3) is 0 Å². The van der Waals surface area contributed by atoms with Gasteiger partial charge in [0.25, 0.3) is 0 Å². The first-order valence-electron chi connectivity index (χ1n) is 6.81. The highest BCUT2D eigenvalue weighted by atomic mass is 16.1. The van der Waals surface area contributed by atoms with Crippen molar-refractivity contribution >= 4 is 11.6 Å². The van der Waals surface area contributed by atoms with E-state index >= 15 is 0 Å². The summed E-state index contributed by atoms with van der Waals surface area (Å²) >= 11 is 0. The van der Waals surface area contributed by atoms with Crippen molar-refractivity contribution in [3.05, 3.63) is 59.9 Å². The molecule has 1 atom stereocenters. The van der Waals surface area contributed by atoms with Crippen LogP contribution in [0.3, 0.4) is 0 Å². The Morgan fingerprint density at radius 1 is 1.25 bits per heavy atom. The van der Waals surface area contributed by atoms with Gasteiger partial charge in [0.05, 0.1) is 0 Å². The number of aromatic nitrogens is 1. The number of fused-ring (bicyclic) bond motifs is 1. The van der Waals surface area contributed by atoms with E-state index in [4.69, 9.17) is 0 Å². The van der Waals surface area contributed by atoms with Gasteiger partial charge in [0, 0.05) is 43.5 Å². The van der Waals surface area contributed by atoms with Crippen LogP contribution < -0.4 is 10.6 Å². The number of nitrogens with zero attached hydrogens (tertiary/aromatic N) is 1. The van der Waals surface area contributed by atoms with Crippen LogP contribution in [0.4, 0.5) is 5.69 Å². The number of nitrogens with one attached hydrogen (secondary N) is 2. The summed E-state index contributed by atoms with van der Waals surface area (Å²) in [5.41, 5.74) is 3.46. The van der Waals surface area contributed by atoms with Crippen molar-refractivity contribution in [2.75, 3.05) is 11.9 Å².